The van der Waals surface area contributed by atoms with Crippen molar-refractivity contribution in [3.63, 3.8) is 0 Å². The lowest BCUT2D eigenvalue weighted by molar-refractivity contribution is 1.10. The highest BCUT2D eigenvalue weighted by molar-refractivity contribution is 14.2. The van der Waals surface area contributed by atoms with Crippen molar-refractivity contribution in [1.29, 1.82) is 0 Å². The van der Waals surface area contributed by atoms with Crippen LogP contribution in [-0.2, 0) is 0 Å². The van der Waals surface area contributed by atoms with Gasteiger partial charge >= 0.3 is 0 Å². The van der Waals surface area contributed by atoms with E-state index >= 15 is 0 Å². The van der Waals surface area contributed by atoms with Crippen molar-refractivity contribution < 1.29 is 0 Å². The first-order valence-corrected chi connectivity index (χ1v) is 5.96. The van der Waals surface area contributed by atoms with Crippen LogP contribution in [0.3, 0.4) is 0 Å². The van der Waals surface area contributed by atoms with Crippen LogP contribution in [-0.4, -0.2) is 12.2 Å². The average Bonchev–Trinajstić information content (AvgIpc) is 1.35. The third kappa shape index (κ3) is 5.68. The van der Waals surface area contributed by atoms with Crippen molar-refractivity contribution >= 4 is 55.4 Å². The van der Waals surface area contributed by atoms with Gasteiger partial charge < -0.3 is 0 Å². The Morgan fingerprint density at radius 2 is 2.00 bits per heavy atom. The summed E-state index contributed by atoms with van der Waals surface area (Å²) >= 11 is 4.90. The molecule has 0 bridgehead atoms. The summed E-state index contributed by atoms with van der Waals surface area (Å²) in [5.41, 5.74) is 0. The summed E-state index contributed by atoms with van der Waals surface area (Å²) in [6.45, 7) is 0. The fourth-order valence-electron chi connectivity index (χ4n) is 0.218. The van der Waals surface area contributed by atoms with Gasteiger partial charge in [-0.25, -0.2) is 0 Å². The predicted octanol–water partition coefficient (Wildman–Crippen LogP) is 1.36. The summed E-state index contributed by atoms with van der Waals surface area (Å²) in [6, 6.07) is 1.45. The van der Waals surface area contributed by atoms with Gasteiger partial charge in [0.25, 0.3) is 0 Å². The molecule has 0 aromatic heterocycles. The molecule has 0 atom stereocenters. The third-order valence-corrected chi connectivity index (χ3v) is 2.33. The molecule has 0 spiro atoms. The molecule has 0 aliphatic carbocycles. The molecule has 38 valence electrons. The molecule has 0 saturated heterocycles. The Kier molecular flexibility index (Phi) is 6.18. The average molecular weight is 326 g/mol. The van der Waals surface area contributed by atoms with Crippen molar-refractivity contribution in [2.24, 2.45) is 0 Å². The van der Waals surface area contributed by atoms with Gasteiger partial charge in [-0.2, -0.15) is 0 Å². The maximum atomic E-state index is 2.45. The second-order valence-electron chi connectivity index (χ2n) is 1.18. The zero-order chi connectivity index (χ0) is 4.99. The summed E-state index contributed by atoms with van der Waals surface area (Å²) < 4.78 is 0.873. The number of halogens is 2. The summed E-state index contributed by atoms with van der Waals surface area (Å²) in [5.74, 6) is 0. The topological polar surface area (TPSA) is 0 Å². The molecule has 0 N–H and O–H groups in total. The molecule has 0 nitrogen and oxygen atoms in total. The van der Waals surface area contributed by atoms with Gasteiger partial charge in [0.2, 0.25) is 0 Å². The quantitative estimate of drug-likeness (QED) is 0.408. The molecule has 0 aliphatic heterocycles. The SMILES string of the molecule is [SiH3]CCC(I)I. The molecule has 0 heterocycles. The van der Waals surface area contributed by atoms with Crippen LogP contribution in [0.25, 0.3) is 0 Å². The summed E-state index contributed by atoms with van der Waals surface area (Å²) in [6.07, 6.45) is 1.41. The minimum Gasteiger partial charge on any atom is -0.0710 e. The highest BCUT2D eigenvalue weighted by atomic mass is 127. The fraction of sp³-hybridized carbons (Fsp3) is 1.00. The first kappa shape index (κ1) is 7.68. The van der Waals surface area contributed by atoms with Gasteiger partial charge in [0, 0.05) is 10.2 Å². The van der Waals surface area contributed by atoms with E-state index in [0.29, 0.717) is 0 Å². The van der Waals surface area contributed by atoms with E-state index < -0.39 is 0 Å². The Morgan fingerprint density at radius 1 is 1.50 bits per heavy atom. The minimum absolute atomic E-state index is 0.873. The number of rotatable bonds is 2. The first-order chi connectivity index (χ1) is 2.77. The van der Waals surface area contributed by atoms with Crippen LogP contribution in [0.1, 0.15) is 6.42 Å². The summed E-state index contributed by atoms with van der Waals surface area (Å²) in [5, 5.41) is 0. The Bertz CT molecular complexity index is 30.0. The van der Waals surface area contributed by atoms with E-state index in [0.717, 1.165) is 1.93 Å². The van der Waals surface area contributed by atoms with E-state index in [2.05, 4.69) is 45.2 Å². The molecule has 0 aromatic carbocycles. The van der Waals surface area contributed by atoms with Gasteiger partial charge in [0.15, 0.2) is 0 Å². The van der Waals surface area contributed by atoms with Crippen LogP contribution in [0, 0.1) is 0 Å². The molecule has 6 heavy (non-hydrogen) atoms. The van der Waals surface area contributed by atoms with Crippen molar-refractivity contribution in [2.75, 3.05) is 0 Å². The standard InChI is InChI=1S/C3H8I2Si/c4-3(5)1-2-6/h3H,1-2H2,6H3. The lowest BCUT2D eigenvalue weighted by Gasteiger charge is -1.91. The van der Waals surface area contributed by atoms with Crippen molar-refractivity contribution in [3.8, 4) is 0 Å². The smallest absolute Gasteiger partial charge is 0.0623 e. The van der Waals surface area contributed by atoms with Crippen molar-refractivity contribution in [2.45, 2.75) is 14.4 Å². The van der Waals surface area contributed by atoms with Gasteiger partial charge in [-0.15, -0.1) is 0 Å². The molecule has 0 aliphatic rings. The Balaban J connectivity index is 2.63. The molecule has 0 saturated carbocycles. The van der Waals surface area contributed by atoms with Crippen LogP contribution in [0.5, 0.6) is 0 Å². The van der Waals surface area contributed by atoms with Crippen LogP contribution in [0.4, 0.5) is 0 Å². The molecular formula is C3H8I2Si. The number of hydrogen-bond donors (Lipinski definition) is 0. The van der Waals surface area contributed by atoms with Gasteiger partial charge in [0.1, 0.15) is 0 Å². The highest BCUT2D eigenvalue weighted by Crippen LogP contribution is 2.14. The van der Waals surface area contributed by atoms with E-state index in [-0.39, 0.29) is 0 Å². The maximum absolute atomic E-state index is 2.45. The summed E-state index contributed by atoms with van der Waals surface area (Å²) in [4.78, 5) is 0. The van der Waals surface area contributed by atoms with Gasteiger partial charge in [-0.1, -0.05) is 51.2 Å². The van der Waals surface area contributed by atoms with E-state index in [1.165, 1.54) is 22.7 Å². The monoisotopic (exact) mass is 326 g/mol. The molecule has 0 unspecified atom stereocenters. The van der Waals surface area contributed by atoms with Gasteiger partial charge in [0.05, 0.1) is 1.93 Å². The first-order valence-electron chi connectivity index (χ1n) is 2.05. The maximum Gasteiger partial charge on any atom is 0.0623 e. The van der Waals surface area contributed by atoms with Gasteiger partial charge in [-0.3, -0.25) is 0 Å². The predicted molar refractivity (Wildman–Crippen MR) is 51.2 cm³/mol. The van der Waals surface area contributed by atoms with E-state index in [9.17, 15) is 0 Å². The Hall–Kier alpha value is 1.68. The normalized spacial score (nSPS) is 10.5. The molecule has 0 amide bonds. The molecular weight excluding hydrogens is 318 g/mol. The van der Waals surface area contributed by atoms with Gasteiger partial charge in [-0.05, 0) is 6.42 Å². The van der Waals surface area contributed by atoms with Crippen molar-refractivity contribution in [1.82, 2.24) is 0 Å². The van der Waals surface area contributed by atoms with Crippen molar-refractivity contribution in [3.05, 3.63) is 0 Å². The molecule has 0 fully saturated rings. The molecule has 0 rings (SSSR count). The van der Waals surface area contributed by atoms with Crippen LogP contribution in [0.15, 0.2) is 0 Å². The third-order valence-electron chi connectivity index (χ3n) is 0.507. The fourth-order valence-corrected chi connectivity index (χ4v) is 4.39. The summed E-state index contributed by atoms with van der Waals surface area (Å²) in [7, 11) is 1.38. The lowest BCUT2D eigenvalue weighted by atomic mass is 10.6. The largest absolute Gasteiger partial charge is 0.0710 e. The van der Waals surface area contributed by atoms with Crippen LogP contribution < -0.4 is 0 Å². The van der Waals surface area contributed by atoms with E-state index in [4.69, 9.17) is 0 Å². The molecule has 0 radical (unpaired) electrons. The number of alkyl halides is 2. The molecule has 0 aromatic rings. The van der Waals surface area contributed by atoms with E-state index in [1.807, 2.05) is 0 Å². The second kappa shape index (κ2) is 4.83. The highest BCUT2D eigenvalue weighted by Gasteiger charge is 1.90. The Morgan fingerprint density at radius 3 is 2.00 bits per heavy atom. The lowest BCUT2D eigenvalue weighted by Crippen LogP contribution is -1.80. The Labute approximate surface area is 69.2 Å². The zero-order valence-corrected chi connectivity index (χ0v) is 10.1. The zero-order valence-electron chi connectivity index (χ0n) is 3.75. The van der Waals surface area contributed by atoms with Crippen LogP contribution >= 0.6 is 45.2 Å². The van der Waals surface area contributed by atoms with Crippen LogP contribution in [0.2, 0.25) is 6.04 Å². The molecule has 3 heteroatoms. The van der Waals surface area contributed by atoms with E-state index in [1.54, 1.807) is 0 Å². The minimum atomic E-state index is 0.873. The number of hydrogen-bond acceptors (Lipinski definition) is 0. The second-order valence-corrected chi connectivity index (χ2v) is 7.57.